The van der Waals surface area contributed by atoms with E-state index in [1.54, 1.807) is 0 Å². The predicted molar refractivity (Wildman–Crippen MR) is 69.9 cm³/mol. The van der Waals surface area contributed by atoms with Crippen LogP contribution in [0.2, 0.25) is 0 Å². The molecule has 0 atom stereocenters. The molecule has 0 heterocycles. The highest BCUT2D eigenvalue weighted by atomic mass is 16.5. The van der Waals surface area contributed by atoms with Gasteiger partial charge in [0, 0.05) is 5.56 Å². The average molecular weight is 234 g/mol. The molecule has 0 N–H and O–H groups in total. The summed E-state index contributed by atoms with van der Waals surface area (Å²) in [6, 6.07) is 6.09. The summed E-state index contributed by atoms with van der Waals surface area (Å²) in [6.45, 7) is 8.35. The lowest BCUT2D eigenvalue weighted by Crippen LogP contribution is -2.23. The zero-order chi connectivity index (χ0) is 12.5. The molecular weight excluding hydrogens is 212 g/mol. The van der Waals surface area contributed by atoms with Crippen molar-refractivity contribution >= 4 is 0 Å². The molecule has 1 aliphatic rings. The number of benzene rings is 1. The summed E-state index contributed by atoms with van der Waals surface area (Å²) in [7, 11) is 0. The Morgan fingerprint density at radius 1 is 1.18 bits per heavy atom. The molecule has 1 fully saturated rings. The van der Waals surface area contributed by atoms with E-state index < -0.39 is 0 Å². The van der Waals surface area contributed by atoms with Crippen LogP contribution in [0.15, 0.2) is 18.2 Å². The first-order chi connectivity index (χ1) is 7.99. The molecule has 0 saturated heterocycles. The Hall–Kier alpha value is -1.18. The van der Waals surface area contributed by atoms with Crippen molar-refractivity contribution in [2.45, 2.75) is 58.7 Å². The van der Waals surface area contributed by atoms with Gasteiger partial charge in [-0.2, -0.15) is 0 Å². The standard InChI is InChI=1S/C15H22O2/c1-5-12-13(16-11-9-10-11)7-6-8-14(12)17-15(2,3)4/h6-8,11H,5,9-10H2,1-4H3. The van der Waals surface area contributed by atoms with Gasteiger partial charge in [-0.3, -0.25) is 0 Å². The Labute approximate surface area is 104 Å². The van der Waals surface area contributed by atoms with E-state index in [2.05, 4.69) is 27.7 Å². The van der Waals surface area contributed by atoms with Gasteiger partial charge >= 0.3 is 0 Å². The molecule has 0 radical (unpaired) electrons. The van der Waals surface area contributed by atoms with Gasteiger partial charge in [0.05, 0.1) is 6.10 Å². The third kappa shape index (κ3) is 3.39. The maximum atomic E-state index is 5.99. The smallest absolute Gasteiger partial charge is 0.126 e. The van der Waals surface area contributed by atoms with Crippen LogP contribution in [0.3, 0.4) is 0 Å². The minimum atomic E-state index is -0.165. The Balaban J connectivity index is 2.24. The third-order valence-corrected chi connectivity index (χ3v) is 2.68. The molecule has 0 amide bonds. The molecular formula is C15H22O2. The van der Waals surface area contributed by atoms with Crippen LogP contribution in [0.4, 0.5) is 0 Å². The van der Waals surface area contributed by atoms with Crippen molar-refractivity contribution in [3.05, 3.63) is 23.8 Å². The van der Waals surface area contributed by atoms with Crippen molar-refractivity contribution in [1.82, 2.24) is 0 Å². The Bertz CT molecular complexity index is 386. The van der Waals surface area contributed by atoms with Gasteiger partial charge in [-0.1, -0.05) is 13.0 Å². The summed E-state index contributed by atoms with van der Waals surface area (Å²) < 4.78 is 11.9. The molecule has 1 aromatic carbocycles. The molecule has 0 bridgehead atoms. The lowest BCUT2D eigenvalue weighted by molar-refractivity contribution is 0.128. The molecule has 0 spiro atoms. The van der Waals surface area contributed by atoms with Crippen molar-refractivity contribution < 1.29 is 9.47 Å². The summed E-state index contributed by atoms with van der Waals surface area (Å²) in [6.07, 6.45) is 3.75. The lowest BCUT2D eigenvalue weighted by Gasteiger charge is -2.24. The molecule has 2 rings (SSSR count). The Morgan fingerprint density at radius 2 is 1.82 bits per heavy atom. The second-order valence-corrected chi connectivity index (χ2v) is 5.62. The molecule has 17 heavy (non-hydrogen) atoms. The van der Waals surface area contributed by atoms with Crippen LogP contribution in [-0.2, 0) is 6.42 Å². The molecule has 2 nitrogen and oxygen atoms in total. The van der Waals surface area contributed by atoms with Crippen LogP contribution in [0.1, 0.15) is 46.1 Å². The quantitative estimate of drug-likeness (QED) is 0.785. The van der Waals surface area contributed by atoms with Crippen molar-refractivity contribution in [3.8, 4) is 11.5 Å². The summed E-state index contributed by atoms with van der Waals surface area (Å²) >= 11 is 0. The van der Waals surface area contributed by atoms with E-state index in [0.717, 1.165) is 17.9 Å². The molecule has 2 heteroatoms. The van der Waals surface area contributed by atoms with E-state index in [-0.39, 0.29) is 5.60 Å². The zero-order valence-corrected chi connectivity index (χ0v) is 11.2. The highest BCUT2D eigenvalue weighted by Gasteiger charge is 2.25. The van der Waals surface area contributed by atoms with Gasteiger partial charge in [0.15, 0.2) is 0 Å². The van der Waals surface area contributed by atoms with Crippen molar-refractivity contribution in [2.75, 3.05) is 0 Å². The first-order valence-electron chi connectivity index (χ1n) is 6.47. The van der Waals surface area contributed by atoms with Crippen LogP contribution >= 0.6 is 0 Å². The number of hydrogen-bond donors (Lipinski definition) is 0. The fourth-order valence-electron chi connectivity index (χ4n) is 1.80. The second kappa shape index (κ2) is 4.59. The lowest BCUT2D eigenvalue weighted by atomic mass is 10.1. The van der Waals surface area contributed by atoms with Gasteiger partial charge in [0.1, 0.15) is 17.1 Å². The highest BCUT2D eigenvalue weighted by molar-refractivity contribution is 5.45. The van der Waals surface area contributed by atoms with Crippen LogP contribution in [0.5, 0.6) is 11.5 Å². The zero-order valence-electron chi connectivity index (χ0n) is 11.2. The first kappa shape index (κ1) is 12.3. The average Bonchev–Trinajstić information content (AvgIpc) is 2.99. The number of rotatable bonds is 4. The summed E-state index contributed by atoms with van der Waals surface area (Å²) in [5, 5.41) is 0. The normalized spacial score (nSPS) is 15.8. The number of ether oxygens (including phenoxy) is 2. The van der Waals surface area contributed by atoms with Crippen molar-refractivity contribution in [2.24, 2.45) is 0 Å². The molecule has 1 aromatic rings. The number of hydrogen-bond acceptors (Lipinski definition) is 2. The molecule has 0 aliphatic heterocycles. The SMILES string of the molecule is CCc1c(OC2CC2)cccc1OC(C)(C)C. The fourth-order valence-corrected chi connectivity index (χ4v) is 1.80. The van der Waals surface area contributed by atoms with E-state index in [1.165, 1.54) is 18.4 Å². The monoisotopic (exact) mass is 234 g/mol. The largest absolute Gasteiger partial charge is 0.490 e. The minimum Gasteiger partial charge on any atom is -0.490 e. The predicted octanol–water partition coefficient (Wildman–Crippen LogP) is 3.97. The van der Waals surface area contributed by atoms with E-state index in [9.17, 15) is 0 Å². The highest BCUT2D eigenvalue weighted by Crippen LogP contribution is 2.35. The topological polar surface area (TPSA) is 18.5 Å². The van der Waals surface area contributed by atoms with Gasteiger partial charge in [-0.15, -0.1) is 0 Å². The summed E-state index contributed by atoms with van der Waals surface area (Å²) in [4.78, 5) is 0. The van der Waals surface area contributed by atoms with Gasteiger partial charge in [0.25, 0.3) is 0 Å². The van der Waals surface area contributed by atoms with Gasteiger partial charge < -0.3 is 9.47 Å². The van der Waals surface area contributed by atoms with Crippen LogP contribution in [0.25, 0.3) is 0 Å². The van der Waals surface area contributed by atoms with Gasteiger partial charge in [-0.25, -0.2) is 0 Å². The van der Waals surface area contributed by atoms with Gasteiger partial charge in [0.2, 0.25) is 0 Å². The third-order valence-electron chi connectivity index (χ3n) is 2.68. The maximum Gasteiger partial charge on any atom is 0.126 e. The van der Waals surface area contributed by atoms with Crippen LogP contribution in [-0.4, -0.2) is 11.7 Å². The van der Waals surface area contributed by atoms with Crippen molar-refractivity contribution in [1.29, 1.82) is 0 Å². The van der Waals surface area contributed by atoms with Gasteiger partial charge in [-0.05, 0) is 52.2 Å². The van der Waals surface area contributed by atoms with E-state index >= 15 is 0 Å². The van der Waals surface area contributed by atoms with E-state index in [1.807, 2.05) is 18.2 Å². The van der Waals surface area contributed by atoms with Crippen molar-refractivity contribution in [3.63, 3.8) is 0 Å². The summed E-state index contributed by atoms with van der Waals surface area (Å²) in [5.41, 5.74) is 1.02. The minimum absolute atomic E-state index is 0.165. The molecule has 0 unspecified atom stereocenters. The molecule has 0 aromatic heterocycles. The second-order valence-electron chi connectivity index (χ2n) is 5.62. The Kier molecular flexibility index (Phi) is 3.32. The fraction of sp³-hybridized carbons (Fsp3) is 0.600. The van der Waals surface area contributed by atoms with Crippen LogP contribution in [0, 0.1) is 0 Å². The van der Waals surface area contributed by atoms with Crippen LogP contribution < -0.4 is 9.47 Å². The van der Waals surface area contributed by atoms with E-state index in [4.69, 9.17) is 9.47 Å². The Morgan fingerprint density at radius 3 is 2.35 bits per heavy atom. The molecule has 1 saturated carbocycles. The summed E-state index contributed by atoms with van der Waals surface area (Å²) in [5.74, 6) is 1.95. The molecule has 94 valence electrons. The molecule has 1 aliphatic carbocycles. The van der Waals surface area contributed by atoms with E-state index in [0.29, 0.717) is 6.10 Å². The first-order valence-corrected chi connectivity index (χ1v) is 6.47. The maximum absolute atomic E-state index is 5.99.